The Morgan fingerprint density at radius 2 is 2.06 bits per heavy atom. The zero-order valence-electron chi connectivity index (χ0n) is 9.71. The first-order chi connectivity index (χ1) is 8.16. The number of rotatable bonds is 3. The predicted octanol–water partition coefficient (Wildman–Crippen LogP) is 1.31. The zero-order chi connectivity index (χ0) is 12.3. The van der Waals surface area contributed by atoms with E-state index in [1.54, 1.807) is 17.0 Å². The largest absolute Gasteiger partial charge is 0.324 e. The molecule has 88 valence electrons. The monoisotopic (exact) mass is 229 g/mol. The summed E-state index contributed by atoms with van der Waals surface area (Å²) < 4.78 is 1.62. The first-order valence-corrected chi connectivity index (χ1v) is 5.51. The van der Waals surface area contributed by atoms with Gasteiger partial charge in [-0.3, -0.25) is 9.78 Å². The molecule has 0 aliphatic rings. The minimum Gasteiger partial charge on any atom is -0.324 e. The van der Waals surface area contributed by atoms with Gasteiger partial charge < -0.3 is 10.3 Å². The van der Waals surface area contributed by atoms with Crippen LogP contribution in [0, 0.1) is 0 Å². The van der Waals surface area contributed by atoms with Gasteiger partial charge in [0, 0.05) is 18.4 Å². The third-order valence-electron chi connectivity index (χ3n) is 2.66. The van der Waals surface area contributed by atoms with E-state index < -0.39 is 0 Å². The van der Waals surface area contributed by atoms with Crippen LogP contribution in [0.4, 0.5) is 0 Å². The number of nitrogens with zero attached hydrogens (tertiary/aromatic N) is 2. The molecule has 1 atom stereocenters. The van der Waals surface area contributed by atoms with Crippen LogP contribution in [0.1, 0.15) is 24.1 Å². The molecular weight excluding hydrogens is 214 g/mol. The van der Waals surface area contributed by atoms with E-state index in [1.807, 2.05) is 31.2 Å². The first-order valence-electron chi connectivity index (χ1n) is 5.51. The summed E-state index contributed by atoms with van der Waals surface area (Å²) in [6.45, 7) is 2.50. The smallest absolute Gasteiger partial charge is 0.269 e. The van der Waals surface area contributed by atoms with Crippen molar-refractivity contribution in [2.75, 3.05) is 0 Å². The molecule has 1 unspecified atom stereocenters. The number of hydrogen-bond donors (Lipinski definition) is 1. The third-order valence-corrected chi connectivity index (χ3v) is 2.66. The Hall–Kier alpha value is -1.94. The van der Waals surface area contributed by atoms with Crippen molar-refractivity contribution in [1.29, 1.82) is 0 Å². The van der Waals surface area contributed by atoms with Gasteiger partial charge in [0.15, 0.2) is 0 Å². The average molecular weight is 229 g/mol. The highest BCUT2D eigenvalue weighted by molar-refractivity contribution is 5.24. The summed E-state index contributed by atoms with van der Waals surface area (Å²) in [5.74, 6) is 0. The normalized spacial score (nSPS) is 12.4. The molecule has 0 radical (unpaired) electrons. The van der Waals surface area contributed by atoms with Gasteiger partial charge >= 0.3 is 0 Å². The maximum Gasteiger partial charge on any atom is 0.269 e. The molecule has 17 heavy (non-hydrogen) atoms. The van der Waals surface area contributed by atoms with Crippen LogP contribution in [0.5, 0.6) is 0 Å². The van der Waals surface area contributed by atoms with E-state index in [2.05, 4.69) is 4.98 Å². The Morgan fingerprint density at radius 3 is 2.65 bits per heavy atom. The van der Waals surface area contributed by atoms with E-state index in [9.17, 15) is 4.79 Å². The molecule has 0 aliphatic heterocycles. The lowest BCUT2D eigenvalue weighted by molar-refractivity contribution is 0.746. The van der Waals surface area contributed by atoms with Crippen molar-refractivity contribution in [3.05, 3.63) is 64.3 Å². The van der Waals surface area contributed by atoms with Crippen LogP contribution in [0.3, 0.4) is 0 Å². The van der Waals surface area contributed by atoms with Gasteiger partial charge in [-0.25, -0.2) is 0 Å². The summed E-state index contributed by atoms with van der Waals surface area (Å²) in [6.07, 6.45) is 4.61. The van der Waals surface area contributed by atoms with Gasteiger partial charge in [0.2, 0.25) is 0 Å². The maximum absolute atomic E-state index is 11.5. The Balaban J connectivity index is 2.20. The predicted molar refractivity (Wildman–Crippen MR) is 66.6 cm³/mol. The number of hydrogen-bond acceptors (Lipinski definition) is 3. The molecule has 0 bridgehead atoms. The van der Waals surface area contributed by atoms with E-state index in [-0.39, 0.29) is 11.6 Å². The molecule has 0 saturated carbocycles. The number of benzene rings is 1. The maximum atomic E-state index is 11.5. The lowest BCUT2D eigenvalue weighted by Crippen LogP contribution is -2.19. The van der Waals surface area contributed by atoms with Crippen LogP contribution in [-0.2, 0) is 6.54 Å². The molecule has 2 aromatic rings. The summed E-state index contributed by atoms with van der Waals surface area (Å²) in [7, 11) is 0. The third kappa shape index (κ3) is 2.79. The van der Waals surface area contributed by atoms with E-state index in [0.717, 1.165) is 11.1 Å². The first kappa shape index (κ1) is 11.5. The van der Waals surface area contributed by atoms with Gasteiger partial charge in [-0.1, -0.05) is 24.3 Å². The van der Waals surface area contributed by atoms with Crippen LogP contribution in [0.2, 0.25) is 0 Å². The molecule has 1 aromatic carbocycles. The molecule has 1 heterocycles. The fourth-order valence-electron chi connectivity index (χ4n) is 1.63. The molecular formula is C13H15N3O. The summed E-state index contributed by atoms with van der Waals surface area (Å²) in [5, 5.41) is 0. The van der Waals surface area contributed by atoms with Crippen LogP contribution in [-0.4, -0.2) is 9.55 Å². The Labute approximate surface area is 99.7 Å². The lowest BCUT2D eigenvalue weighted by atomic mass is 10.1. The second kappa shape index (κ2) is 4.93. The molecule has 1 aromatic heterocycles. The van der Waals surface area contributed by atoms with Crippen molar-refractivity contribution in [2.45, 2.75) is 19.5 Å². The molecule has 0 amide bonds. The fourth-order valence-corrected chi connectivity index (χ4v) is 1.63. The molecule has 0 spiro atoms. The quantitative estimate of drug-likeness (QED) is 0.863. The molecule has 0 saturated heterocycles. The Bertz CT molecular complexity index is 543. The summed E-state index contributed by atoms with van der Waals surface area (Å²) in [5.41, 5.74) is 7.85. The van der Waals surface area contributed by atoms with Crippen LogP contribution in [0.25, 0.3) is 0 Å². The standard InChI is InChI=1S/C13H15N3O/c1-10(14)12-4-2-11(3-5-12)9-16-7-6-15-8-13(16)17/h2-8,10H,9,14H2,1H3. The summed E-state index contributed by atoms with van der Waals surface area (Å²) >= 11 is 0. The molecule has 4 nitrogen and oxygen atoms in total. The lowest BCUT2D eigenvalue weighted by Gasteiger charge is -2.08. The molecule has 2 rings (SSSR count). The van der Waals surface area contributed by atoms with E-state index in [0.29, 0.717) is 6.54 Å². The van der Waals surface area contributed by atoms with Gasteiger partial charge in [0.1, 0.15) is 0 Å². The van der Waals surface area contributed by atoms with Crippen LogP contribution < -0.4 is 11.3 Å². The number of nitrogens with two attached hydrogens (primary N) is 1. The highest BCUT2D eigenvalue weighted by Crippen LogP contribution is 2.11. The van der Waals surface area contributed by atoms with Crippen molar-refractivity contribution in [3.63, 3.8) is 0 Å². The van der Waals surface area contributed by atoms with Gasteiger partial charge in [0.05, 0.1) is 12.7 Å². The van der Waals surface area contributed by atoms with Crippen LogP contribution >= 0.6 is 0 Å². The second-order valence-corrected chi connectivity index (χ2v) is 4.07. The summed E-state index contributed by atoms with van der Waals surface area (Å²) in [4.78, 5) is 15.3. The SMILES string of the molecule is CC(N)c1ccc(Cn2ccncc2=O)cc1. The van der Waals surface area contributed by atoms with E-state index in [1.165, 1.54) is 6.20 Å². The Morgan fingerprint density at radius 1 is 1.35 bits per heavy atom. The van der Waals surface area contributed by atoms with E-state index in [4.69, 9.17) is 5.73 Å². The van der Waals surface area contributed by atoms with Crippen molar-refractivity contribution in [1.82, 2.24) is 9.55 Å². The minimum absolute atomic E-state index is 0.0349. The fraction of sp³-hybridized carbons (Fsp3) is 0.231. The van der Waals surface area contributed by atoms with Crippen molar-refractivity contribution >= 4 is 0 Å². The molecule has 2 N–H and O–H groups in total. The molecule has 0 aliphatic carbocycles. The number of aromatic nitrogens is 2. The summed E-state index contributed by atoms with van der Waals surface area (Å²) in [6, 6.07) is 8.00. The van der Waals surface area contributed by atoms with Gasteiger partial charge in [-0.2, -0.15) is 0 Å². The topological polar surface area (TPSA) is 60.9 Å². The van der Waals surface area contributed by atoms with Gasteiger partial charge in [-0.15, -0.1) is 0 Å². The zero-order valence-corrected chi connectivity index (χ0v) is 9.71. The minimum atomic E-state index is -0.0937. The molecule has 0 fully saturated rings. The second-order valence-electron chi connectivity index (χ2n) is 4.07. The average Bonchev–Trinajstić information content (AvgIpc) is 2.33. The van der Waals surface area contributed by atoms with Gasteiger partial charge in [-0.05, 0) is 18.1 Å². The molecule has 4 heteroatoms. The highest BCUT2D eigenvalue weighted by Gasteiger charge is 2.00. The van der Waals surface area contributed by atoms with Crippen molar-refractivity contribution < 1.29 is 0 Å². The Kier molecular flexibility index (Phi) is 3.35. The van der Waals surface area contributed by atoms with Crippen molar-refractivity contribution in [2.24, 2.45) is 5.73 Å². The highest BCUT2D eigenvalue weighted by atomic mass is 16.1. The van der Waals surface area contributed by atoms with E-state index >= 15 is 0 Å². The van der Waals surface area contributed by atoms with Gasteiger partial charge in [0.25, 0.3) is 5.56 Å². The van der Waals surface area contributed by atoms with Crippen LogP contribution in [0.15, 0.2) is 47.7 Å². The van der Waals surface area contributed by atoms with Crippen molar-refractivity contribution in [3.8, 4) is 0 Å².